The van der Waals surface area contributed by atoms with E-state index >= 15 is 0 Å². The highest BCUT2D eigenvalue weighted by atomic mass is 16.5. The SMILES string of the molecule is CNc1nccc(N(C)C2CCOC2)n1. The van der Waals surface area contributed by atoms with E-state index in [-0.39, 0.29) is 0 Å². The molecule has 1 aliphatic heterocycles. The molecule has 0 spiro atoms. The van der Waals surface area contributed by atoms with Crippen molar-refractivity contribution in [3.8, 4) is 0 Å². The van der Waals surface area contributed by atoms with Gasteiger partial charge in [0.25, 0.3) is 0 Å². The molecule has 0 bridgehead atoms. The standard InChI is InChI=1S/C10H16N4O/c1-11-10-12-5-3-9(13-10)14(2)8-4-6-15-7-8/h3,5,8H,4,6-7H2,1-2H3,(H,11,12,13). The van der Waals surface area contributed by atoms with Crippen molar-refractivity contribution in [1.29, 1.82) is 0 Å². The Kier molecular flexibility index (Phi) is 3.01. The van der Waals surface area contributed by atoms with Crippen LogP contribution in [0.1, 0.15) is 6.42 Å². The molecule has 0 amide bonds. The van der Waals surface area contributed by atoms with Gasteiger partial charge in [-0.1, -0.05) is 0 Å². The Bertz CT molecular complexity index is 325. The molecule has 15 heavy (non-hydrogen) atoms. The van der Waals surface area contributed by atoms with E-state index in [1.54, 1.807) is 6.20 Å². The minimum atomic E-state index is 0.435. The summed E-state index contributed by atoms with van der Waals surface area (Å²) in [5.74, 6) is 1.59. The van der Waals surface area contributed by atoms with Crippen LogP contribution in [0.5, 0.6) is 0 Å². The van der Waals surface area contributed by atoms with E-state index in [2.05, 4.69) is 20.2 Å². The van der Waals surface area contributed by atoms with E-state index < -0.39 is 0 Å². The number of ether oxygens (including phenoxy) is 1. The summed E-state index contributed by atoms with van der Waals surface area (Å²) < 4.78 is 5.36. The molecular formula is C10H16N4O. The second-order valence-electron chi connectivity index (χ2n) is 3.62. The molecule has 1 N–H and O–H groups in total. The number of hydrogen-bond acceptors (Lipinski definition) is 5. The maximum absolute atomic E-state index is 5.36. The molecule has 1 atom stereocenters. The van der Waals surface area contributed by atoms with Crippen LogP contribution >= 0.6 is 0 Å². The number of rotatable bonds is 3. The molecule has 1 aromatic heterocycles. The van der Waals surface area contributed by atoms with Crippen molar-refractivity contribution in [2.75, 3.05) is 37.5 Å². The van der Waals surface area contributed by atoms with Crippen LogP contribution in [0, 0.1) is 0 Å². The summed E-state index contributed by atoms with van der Waals surface area (Å²) in [6.07, 6.45) is 2.83. The lowest BCUT2D eigenvalue weighted by molar-refractivity contribution is 0.193. The number of likely N-dealkylation sites (N-methyl/N-ethyl adjacent to an activating group) is 1. The zero-order valence-electron chi connectivity index (χ0n) is 9.10. The lowest BCUT2D eigenvalue weighted by atomic mass is 10.2. The van der Waals surface area contributed by atoms with Crippen molar-refractivity contribution >= 4 is 11.8 Å². The molecule has 2 heterocycles. The molecule has 82 valence electrons. The number of anilines is 2. The fourth-order valence-corrected chi connectivity index (χ4v) is 1.68. The van der Waals surface area contributed by atoms with Gasteiger partial charge in [-0.25, -0.2) is 4.98 Å². The van der Waals surface area contributed by atoms with Crippen LogP contribution in [0.2, 0.25) is 0 Å². The van der Waals surface area contributed by atoms with Crippen LogP contribution < -0.4 is 10.2 Å². The van der Waals surface area contributed by atoms with Crippen molar-refractivity contribution in [2.24, 2.45) is 0 Å². The van der Waals surface area contributed by atoms with E-state index in [0.29, 0.717) is 12.0 Å². The third-order valence-electron chi connectivity index (χ3n) is 2.68. The lowest BCUT2D eigenvalue weighted by Gasteiger charge is -2.24. The Morgan fingerprint density at radius 1 is 1.60 bits per heavy atom. The highest BCUT2D eigenvalue weighted by Gasteiger charge is 2.21. The summed E-state index contributed by atoms with van der Waals surface area (Å²) in [5.41, 5.74) is 0. The third kappa shape index (κ3) is 2.18. The van der Waals surface area contributed by atoms with E-state index in [4.69, 9.17) is 4.74 Å². The zero-order chi connectivity index (χ0) is 10.7. The van der Waals surface area contributed by atoms with Gasteiger partial charge in [-0.05, 0) is 12.5 Å². The van der Waals surface area contributed by atoms with Crippen LogP contribution in [-0.2, 0) is 4.74 Å². The largest absolute Gasteiger partial charge is 0.379 e. The molecule has 5 heteroatoms. The first kappa shape index (κ1) is 10.2. The second kappa shape index (κ2) is 4.44. The predicted molar refractivity (Wildman–Crippen MR) is 59.2 cm³/mol. The molecule has 0 aliphatic carbocycles. The predicted octanol–water partition coefficient (Wildman–Crippen LogP) is 0.743. The summed E-state index contributed by atoms with van der Waals surface area (Å²) in [6.45, 7) is 1.63. The van der Waals surface area contributed by atoms with Gasteiger partial charge in [0, 0.05) is 26.9 Å². The van der Waals surface area contributed by atoms with E-state index in [1.807, 2.05) is 20.2 Å². The van der Waals surface area contributed by atoms with Gasteiger partial charge in [-0.3, -0.25) is 0 Å². The second-order valence-corrected chi connectivity index (χ2v) is 3.62. The van der Waals surface area contributed by atoms with Crippen LogP contribution in [0.3, 0.4) is 0 Å². The molecular weight excluding hydrogens is 192 g/mol. The summed E-state index contributed by atoms with van der Waals surface area (Å²) >= 11 is 0. The normalized spacial score (nSPS) is 20.3. The average Bonchev–Trinajstić information content (AvgIpc) is 2.81. The summed E-state index contributed by atoms with van der Waals surface area (Å²) in [5, 5.41) is 2.93. The fraction of sp³-hybridized carbons (Fsp3) is 0.600. The zero-order valence-corrected chi connectivity index (χ0v) is 9.10. The molecule has 0 aromatic carbocycles. The Labute approximate surface area is 89.5 Å². The fourth-order valence-electron chi connectivity index (χ4n) is 1.68. The van der Waals surface area contributed by atoms with Gasteiger partial charge < -0.3 is 15.0 Å². The van der Waals surface area contributed by atoms with Gasteiger partial charge >= 0.3 is 0 Å². The first-order chi connectivity index (χ1) is 7.31. The first-order valence-corrected chi connectivity index (χ1v) is 5.12. The molecule has 1 aromatic rings. The molecule has 1 saturated heterocycles. The minimum Gasteiger partial charge on any atom is -0.379 e. The first-order valence-electron chi connectivity index (χ1n) is 5.12. The Balaban J connectivity index is 2.13. The third-order valence-corrected chi connectivity index (χ3v) is 2.68. The van der Waals surface area contributed by atoms with Crippen molar-refractivity contribution < 1.29 is 4.74 Å². The Morgan fingerprint density at radius 2 is 2.47 bits per heavy atom. The van der Waals surface area contributed by atoms with Crippen molar-refractivity contribution in [3.05, 3.63) is 12.3 Å². The number of hydrogen-bond donors (Lipinski definition) is 1. The van der Waals surface area contributed by atoms with E-state index in [1.165, 1.54) is 0 Å². The molecule has 0 saturated carbocycles. The van der Waals surface area contributed by atoms with Gasteiger partial charge in [0.2, 0.25) is 5.95 Å². The van der Waals surface area contributed by atoms with Crippen LogP contribution in [0.25, 0.3) is 0 Å². The molecule has 1 unspecified atom stereocenters. The van der Waals surface area contributed by atoms with Crippen molar-refractivity contribution in [2.45, 2.75) is 12.5 Å². The maximum Gasteiger partial charge on any atom is 0.224 e. The van der Waals surface area contributed by atoms with Crippen LogP contribution in [0.4, 0.5) is 11.8 Å². The topological polar surface area (TPSA) is 50.3 Å². The number of nitrogens with zero attached hydrogens (tertiary/aromatic N) is 3. The van der Waals surface area contributed by atoms with Gasteiger partial charge in [-0.2, -0.15) is 4.98 Å². The monoisotopic (exact) mass is 208 g/mol. The van der Waals surface area contributed by atoms with Crippen molar-refractivity contribution in [3.63, 3.8) is 0 Å². The number of aromatic nitrogens is 2. The highest BCUT2D eigenvalue weighted by molar-refractivity contribution is 5.42. The Hall–Kier alpha value is -1.36. The smallest absolute Gasteiger partial charge is 0.224 e. The van der Waals surface area contributed by atoms with E-state index in [0.717, 1.165) is 25.5 Å². The summed E-state index contributed by atoms with van der Waals surface area (Å²) in [6, 6.07) is 2.35. The molecule has 1 aliphatic rings. The van der Waals surface area contributed by atoms with Gasteiger partial charge in [0.05, 0.1) is 12.6 Å². The average molecular weight is 208 g/mol. The quantitative estimate of drug-likeness (QED) is 0.794. The molecule has 2 rings (SSSR count). The molecule has 0 radical (unpaired) electrons. The van der Waals surface area contributed by atoms with E-state index in [9.17, 15) is 0 Å². The highest BCUT2D eigenvalue weighted by Crippen LogP contribution is 2.18. The lowest BCUT2D eigenvalue weighted by Crippen LogP contribution is -2.32. The Morgan fingerprint density at radius 3 is 3.13 bits per heavy atom. The van der Waals surface area contributed by atoms with Gasteiger partial charge in [0.1, 0.15) is 5.82 Å². The molecule has 1 fully saturated rings. The number of nitrogens with one attached hydrogen (secondary N) is 1. The molecule has 5 nitrogen and oxygen atoms in total. The van der Waals surface area contributed by atoms with Gasteiger partial charge in [0.15, 0.2) is 0 Å². The van der Waals surface area contributed by atoms with Crippen LogP contribution in [0.15, 0.2) is 12.3 Å². The van der Waals surface area contributed by atoms with Crippen molar-refractivity contribution in [1.82, 2.24) is 9.97 Å². The maximum atomic E-state index is 5.36. The van der Waals surface area contributed by atoms with Gasteiger partial charge in [-0.15, -0.1) is 0 Å². The van der Waals surface area contributed by atoms with Crippen LogP contribution in [-0.4, -0.2) is 43.3 Å². The summed E-state index contributed by atoms with van der Waals surface area (Å²) in [4.78, 5) is 10.6. The summed E-state index contributed by atoms with van der Waals surface area (Å²) in [7, 11) is 3.86. The minimum absolute atomic E-state index is 0.435.